The number of hydrogen-bond donors (Lipinski definition) is 2. The van der Waals surface area contributed by atoms with Gasteiger partial charge in [0.15, 0.2) is 0 Å². The third-order valence-electron chi connectivity index (χ3n) is 4.17. The fourth-order valence-corrected chi connectivity index (χ4v) is 3.19. The highest BCUT2D eigenvalue weighted by atomic mass is 16.3. The van der Waals surface area contributed by atoms with Gasteiger partial charge in [-0.3, -0.25) is 9.69 Å². The minimum atomic E-state index is -0.744. The second-order valence-electron chi connectivity index (χ2n) is 5.77. The van der Waals surface area contributed by atoms with Crippen LogP contribution in [0.3, 0.4) is 0 Å². The predicted molar refractivity (Wildman–Crippen MR) is 75.5 cm³/mol. The molecule has 1 aromatic rings. The van der Waals surface area contributed by atoms with Crippen LogP contribution in [-0.2, 0) is 11.2 Å². The average molecular weight is 276 g/mol. The summed E-state index contributed by atoms with van der Waals surface area (Å²) in [5.74, 6) is 0.0313. The number of likely N-dealkylation sites (tertiary alicyclic amines) is 1. The van der Waals surface area contributed by atoms with E-state index in [0.717, 1.165) is 12.1 Å². The first-order valence-corrected chi connectivity index (χ1v) is 7.04. The molecule has 1 saturated heterocycles. The van der Waals surface area contributed by atoms with Crippen LogP contribution in [-0.4, -0.2) is 58.9 Å². The number of amides is 1. The molecule has 2 aliphatic heterocycles. The van der Waals surface area contributed by atoms with Crippen molar-refractivity contribution in [1.29, 1.82) is 0 Å². The fourth-order valence-electron chi connectivity index (χ4n) is 3.19. The summed E-state index contributed by atoms with van der Waals surface area (Å²) in [5.41, 5.74) is 2.19. The molecule has 20 heavy (non-hydrogen) atoms. The van der Waals surface area contributed by atoms with Crippen LogP contribution in [0.15, 0.2) is 24.3 Å². The molecule has 0 radical (unpaired) electrons. The number of anilines is 1. The number of nitrogens with zero attached hydrogens (tertiary/aromatic N) is 2. The maximum Gasteiger partial charge on any atom is 0.241 e. The maximum absolute atomic E-state index is 12.5. The van der Waals surface area contributed by atoms with Crippen LogP contribution in [0.1, 0.15) is 12.5 Å². The van der Waals surface area contributed by atoms with Gasteiger partial charge in [-0.25, -0.2) is 0 Å². The van der Waals surface area contributed by atoms with Gasteiger partial charge in [0.25, 0.3) is 0 Å². The highest BCUT2D eigenvalue weighted by molar-refractivity contribution is 5.97. The van der Waals surface area contributed by atoms with Gasteiger partial charge in [-0.2, -0.15) is 0 Å². The van der Waals surface area contributed by atoms with Crippen molar-refractivity contribution in [2.75, 3.05) is 24.5 Å². The number of rotatable bonds is 2. The van der Waals surface area contributed by atoms with Crippen LogP contribution in [0.2, 0.25) is 0 Å². The largest absolute Gasteiger partial charge is 0.389 e. The Morgan fingerprint density at radius 3 is 2.60 bits per heavy atom. The third kappa shape index (κ3) is 2.32. The van der Waals surface area contributed by atoms with Gasteiger partial charge >= 0.3 is 0 Å². The molecule has 5 heteroatoms. The van der Waals surface area contributed by atoms with E-state index in [1.165, 1.54) is 5.56 Å². The second kappa shape index (κ2) is 5.16. The minimum absolute atomic E-state index is 0.0313. The molecular formula is C15H20N2O3. The normalized spacial score (nSPS) is 29.8. The quantitative estimate of drug-likeness (QED) is 0.798. The standard InChI is InChI=1S/C15H20N2O3/c1-10-6-11-4-2-3-5-12(11)17(10)15(20)9-16-7-13(18)14(19)8-16/h2-5,10,13-14,18-19H,6-9H2,1H3. The fraction of sp³-hybridized carbons (Fsp3) is 0.533. The summed E-state index contributed by atoms with van der Waals surface area (Å²) < 4.78 is 0. The van der Waals surface area contributed by atoms with E-state index in [1.807, 2.05) is 34.9 Å². The molecule has 1 aromatic carbocycles. The summed E-state index contributed by atoms with van der Waals surface area (Å²) in [5, 5.41) is 19.1. The monoisotopic (exact) mass is 276 g/mol. The predicted octanol–water partition coefficient (Wildman–Crippen LogP) is 0.00160. The minimum Gasteiger partial charge on any atom is -0.389 e. The van der Waals surface area contributed by atoms with E-state index in [0.29, 0.717) is 13.1 Å². The van der Waals surface area contributed by atoms with Crippen molar-refractivity contribution in [2.24, 2.45) is 0 Å². The Kier molecular flexibility index (Phi) is 3.50. The van der Waals surface area contributed by atoms with E-state index in [1.54, 1.807) is 0 Å². The Bertz CT molecular complexity index is 510. The van der Waals surface area contributed by atoms with Gasteiger partial charge in [0.1, 0.15) is 0 Å². The number of carbonyl (C=O) groups excluding carboxylic acids is 1. The van der Waals surface area contributed by atoms with E-state index >= 15 is 0 Å². The Morgan fingerprint density at radius 2 is 1.90 bits per heavy atom. The van der Waals surface area contributed by atoms with Crippen molar-refractivity contribution in [3.05, 3.63) is 29.8 Å². The number of para-hydroxylation sites is 1. The van der Waals surface area contributed by atoms with E-state index in [-0.39, 0.29) is 18.5 Å². The average Bonchev–Trinajstić information content (AvgIpc) is 2.88. The number of carbonyl (C=O) groups is 1. The van der Waals surface area contributed by atoms with Gasteiger partial charge < -0.3 is 15.1 Å². The van der Waals surface area contributed by atoms with Crippen molar-refractivity contribution in [3.63, 3.8) is 0 Å². The lowest BCUT2D eigenvalue weighted by atomic mass is 10.1. The van der Waals surface area contributed by atoms with Crippen LogP contribution < -0.4 is 4.90 Å². The molecule has 2 N–H and O–H groups in total. The molecule has 3 atom stereocenters. The van der Waals surface area contributed by atoms with Gasteiger partial charge in [-0.05, 0) is 25.0 Å². The summed E-state index contributed by atoms with van der Waals surface area (Å²) in [4.78, 5) is 16.2. The number of fused-ring (bicyclic) bond motifs is 1. The SMILES string of the molecule is CC1Cc2ccccc2N1C(=O)CN1CC(O)C(O)C1. The first kappa shape index (κ1) is 13.5. The number of β-amino-alcohol motifs (C(OH)–C–C–N with tert-alkyl or cyclic N) is 2. The zero-order chi connectivity index (χ0) is 14.3. The first-order chi connectivity index (χ1) is 9.56. The highest BCUT2D eigenvalue weighted by Gasteiger charge is 2.35. The highest BCUT2D eigenvalue weighted by Crippen LogP contribution is 2.32. The summed E-state index contributed by atoms with van der Waals surface area (Å²) in [6, 6.07) is 8.14. The van der Waals surface area contributed by atoms with Gasteiger partial charge in [0.05, 0.1) is 18.8 Å². The Morgan fingerprint density at radius 1 is 1.25 bits per heavy atom. The number of aliphatic hydroxyl groups is 2. The molecule has 3 unspecified atom stereocenters. The number of benzene rings is 1. The summed E-state index contributed by atoms with van der Waals surface area (Å²) in [6.07, 6.45) is -0.607. The van der Waals surface area contributed by atoms with E-state index in [4.69, 9.17) is 0 Å². The Balaban J connectivity index is 1.72. The van der Waals surface area contributed by atoms with Crippen molar-refractivity contribution in [3.8, 4) is 0 Å². The first-order valence-electron chi connectivity index (χ1n) is 7.04. The van der Waals surface area contributed by atoms with Crippen LogP contribution in [0.5, 0.6) is 0 Å². The van der Waals surface area contributed by atoms with E-state index in [2.05, 4.69) is 6.07 Å². The lowest BCUT2D eigenvalue weighted by Gasteiger charge is -2.25. The summed E-state index contributed by atoms with van der Waals surface area (Å²) >= 11 is 0. The molecule has 0 bridgehead atoms. The Hall–Kier alpha value is -1.43. The molecule has 1 fully saturated rings. The van der Waals surface area contributed by atoms with E-state index in [9.17, 15) is 15.0 Å². The van der Waals surface area contributed by atoms with Gasteiger partial charge in [0.2, 0.25) is 5.91 Å². The van der Waals surface area contributed by atoms with Crippen LogP contribution in [0.4, 0.5) is 5.69 Å². The second-order valence-corrected chi connectivity index (χ2v) is 5.77. The van der Waals surface area contributed by atoms with Gasteiger partial charge in [0, 0.05) is 24.8 Å². The molecule has 108 valence electrons. The lowest BCUT2D eigenvalue weighted by molar-refractivity contribution is -0.119. The van der Waals surface area contributed by atoms with Gasteiger partial charge in [-0.15, -0.1) is 0 Å². The smallest absolute Gasteiger partial charge is 0.241 e. The summed E-state index contributed by atoms with van der Waals surface area (Å²) in [6.45, 7) is 3.01. The zero-order valence-electron chi connectivity index (χ0n) is 11.6. The van der Waals surface area contributed by atoms with Crippen LogP contribution >= 0.6 is 0 Å². The van der Waals surface area contributed by atoms with Crippen molar-refractivity contribution < 1.29 is 15.0 Å². The molecule has 1 amide bonds. The molecule has 3 rings (SSSR count). The van der Waals surface area contributed by atoms with Crippen molar-refractivity contribution in [2.45, 2.75) is 31.6 Å². The maximum atomic E-state index is 12.5. The topological polar surface area (TPSA) is 64.0 Å². The van der Waals surface area contributed by atoms with E-state index < -0.39 is 12.2 Å². The molecule has 0 spiro atoms. The van der Waals surface area contributed by atoms with Crippen LogP contribution in [0, 0.1) is 0 Å². The molecule has 2 heterocycles. The Labute approximate surface area is 118 Å². The summed E-state index contributed by atoms with van der Waals surface area (Å²) in [7, 11) is 0. The third-order valence-corrected chi connectivity index (χ3v) is 4.17. The zero-order valence-corrected chi connectivity index (χ0v) is 11.6. The number of hydrogen-bond acceptors (Lipinski definition) is 4. The van der Waals surface area contributed by atoms with Gasteiger partial charge in [-0.1, -0.05) is 18.2 Å². The van der Waals surface area contributed by atoms with Crippen LogP contribution in [0.25, 0.3) is 0 Å². The van der Waals surface area contributed by atoms with Crippen molar-refractivity contribution >= 4 is 11.6 Å². The molecule has 0 saturated carbocycles. The molecule has 2 aliphatic rings. The molecule has 5 nitrogen and oxygen atoms in total. The van der Waals surface area contributed by atoms with Crippen molar-refractivity contribution in [1.82, 2.24) is 4.90 Å². The lowest BCUT2D eigenvalue weighted by Crippen LogP contribution is -2.42. The molecular weight excluding hydrogens is 256 g/mol. The molecule has 0 aromatic heterocycles. The molecule has 0 aliphatic carbocycles. The number of aliphatic hydroxyl groups excluding tert-OH is 2.